The van der Waals surface area contributed by atoms with Crippen LogP contribution in [-0.2, 0) is 16.3 Å². The molecule has 1 heterocycles. The molecule has 0 unspecified atom stereocenters. The normalized spacial score (nSPS) is 11.6. The average Bonchev–Trinajstić information content (AvgIpc) is 3.24. The van der Waals surface area contributed by atoms with Crippen molar-refractivity contribution in [1.29, 1.82) is 0 Å². The van der Waals surface area contributed by atoms with E-state index in [1.54, 1.807) is 72.4 Å². The molecule has 0 aliphatic rings. The number of aromatic nitrogens is 2. The van der Waals surface area contributed by atoms with Gasteiger partial charge in [-0.25, -0.2) is 17.8 Å². The maximum absolute atomic E-state index is 15.1. The van der Waals surface area contributed by atoms with Crippen molar-refractivity contribution >= 4 is 33.0 Å². The van der Waals surface area contributed by atoms with Gasteiger partial charge < -0.3 is 4.57 Å². The Balaban J connectivity index is 1.68. The number of hydrogen-bond acceptors (Lipinski definition) is 3. The lowest BCUT2D eigenvalue weighted by Crippen LogP contribution is -2.05. The molecule has 3 aromatic carbocycles. The standard InChI is InChI=1S/C24H19Cl2FN2O2S/c1-2-32(30,31)19-7-3-5-16(13-19)17-9-10-22(21(27)14-17)29-12-11-28-23(29)15-18-6-4-8-20(25)24(18)26/h3-14H,2,15H2,1H3. The average molecular weight is 489 g/mol. The Bertz CT molecular complexity index is 1400. The molecule has 0 radical (unpaired) electrons. The fourth-order valence-electron chi connectivity index (χ4n) is 3.46. The minimum Gasteiger partial charge on any atom is -0.301 e. The van der Waals surface area contributed by atoms with Gasteiger partial charge >= 0.3 is 0 Å². The lowest BCUT2D eigenvalue weighted by molar-refractivity contribution is 0.597. The molecule has 0 bridgehead atoms. The van der Waals surface area contributed by atoms with Crippen molar-refractivity contribution in [3.63, 3.8) is 0 Å². The maximum Gasteiger partial charge on any atom is 0.178 e. The van der Waals surface area contributed by atoms with Crippen LogP contribution in [0.15, 0.2) is 78.0 Å². The third kappa shape index (κ3) is 4.44. The summed E-state index contributed by atoms with van der Waals surface area (Å²) in [5, 5.41) is 0.895. The van der Waals surface area contributed by atoms with Crippen LogP contribution in [0, 0.1) is 5.82 Å². The van der Waals surface area contributed by atoms with Crippen LogP contribution >= 0.6 is 23.2 Å². The molecule has 0 fully saturated rings. The zero-order valence-electron chi connectivity index (χ0n) is 17.1. The first-order chi connectivity index (χ1) is 15.3. The van der Waals surface area contributed by atoms with Crippen molar-refractivity contribution in [2.75, 3.05) is 5.75 Å². The second kappa shape index (κ2) is 9.06. The summed E-state index contributed by atoms with van der Waals surface area (Å²) in [6, 6.07) is 16.7. The fraction of sp³-hybridized carbons (Fsp3) is 0.125. The molecule has 0 atom stereocenters. The summed E-state index contributed by atoms with van der Waals surface area (Å²) in [5.74, 6) is 0.156. The van der Waals surface area contributed by atoms with E-state index in [0.717, 1.165) is 5.56 Å². The minimum absolute atomic E-state index is 0.00377. The monoisotopic (exact) mass is 488 g/mol. The van der Waals surface area contributed by atoms with E-state index in [1.165, 1.54) is 6.07 Å². The number of rotatable bonds is 6. The lowest BCUT2D eigenvalue weighted by Gasteiger charge is -2.12. The number of hydrogen-bond donors (Lipinski definition) is 0. The molecule has 4 rings (SSSR count). The maximum atomic E-state index is 15.1. The Kier molecular flexibility index (Phi) is 6.38. The molecule has 0 saturated heterocycles. The van der Waals surface area contributed by atoms with Gasteiger partial charge in [0.05, 0.1) is 26.4 Å². The number of halogens is 3. The van der Waals surface area contributed by atoms with Crippen LogP contribution < -0.4 is 0 Å². The fourth-order valence-corrected chi connectivity index (χ4v) is 4.77. The molecule has 4 aromatic rings. The third-order valence-corrected chi connectivity index (χ3v) is 7.80. The molecule has 0 amide bonds. The molecule has 1 aromatic heterocycles. The number of sulfone groups is 1. The number of benzene rings is 3. The van der Waals surface area contributed by atoms with Crippen molar-refractivity contribution < 1.29 is 12.8 Å². The largest absolute Gasteiger partial charge is 0.301 e. The summed E-state index contributed by atoms with van der Waals surface area (Å²) in [7, 11) is -3.35. The van der Waals surface area contributed by atoms with Crippen LogP contribution in [0.3, 0.4) is 0 Å². The summed E-state index contributed by atoms with van der Waals surface area (Å²) in [4.78, 5) is 4.58. The first-order valence-electron chi connectivity index (χ1n) is 9.88. The minimum atomic E-state index is -3.35. The van der Waals surface area contributed by atoms with Gasteiger partial charge in [-0.05, 0) is 47.0 Å². The molecule has 0 N–H and O–H groups in total. The Morgan fingerprint density at radius 2 is 1.75 bits per heavy atom. The van der Waals surface area contributed by atoms with E-state index >= 15 is 4.39 Å². The highest BCUT2D eigenvalue weighted by atomic mass is 35.5. The smallest absolute Gasteiger partial charge is 0.178 e. The highest BCUT2D eigenvalue weighted by molar-refractivity contribution is 7.91. The van der Waals surface area contributed by atoms with E-state index in [9.17, 15) is 8.42 Å². The Morgan fingerprint density at radius 3 is 2.50 bits per heavy atom. The number of nitrogens with zero attached hydrogens (tertiary/aromatic N) is 2. The quantitative estimate of drug-likeness (QED) is 0.316. The summed E-state index contributed by atoms with van der Waals surface area (Å²) in [6.45, 7) is 1.59. The molecule has 164 valence electrons. The highest BCUT2D eigenvalue weighted by Crippen LogP contribution is 2.29. The van der Waals surface area contributed by atoms with Crippen molar-refractivity contribution in [2.45, 2.75) is 18.2 Å². The van der Waals surface area contributed by atoms with Gasteiger partial charge in [0.2, 0.25) is 0 Å². The Labute approximate surface area is 196 Å². The van der Waals surface area contributed by atoms with Crippen molar-refractivity contribution in [3.8, 4) is 16.8 Å². The summed E-state index contributed by atoms with van der Waals surface area (Å²) >= 11 is 12.4. The van der Waals surface area contributed by atoms with Crippen molar-refractivity contribution in [2.24, 2.45) is 0 Å². The zero-order valence-corrected chi connectivity index (χ0v) is 19.4. The topological polar surface area (TPSA) is 52.0 Å². The first kappa shape index (κ1) is 22.5. The lowest BCUT2D eigenvalue weighted by atomic mass is 10.0. The molecule has 4 nitrogen and oxygen atoms in total. The molecule has 0 aliphatic heterocycles. The van der Waals surface area contributed by atoms with E-state index in [0.29, 0.717) is 39.1 Å². The molecule has 0 spiro atoms. The van der Waals surface area contributed by atoms with Gasteiger partial charge in [-0.1, -0.05) is 60.5 Å². The summed E-state index contributed by atoms with van der Waals surface area (Å²) in [6.07, 6.45) is 3.66. The predicted octanol–water partition coefficient (Wildman–Crippen LogP) is 6.37. The van der Waals surface area contributed by atoms with E-state index in [4.69, 9.17) is 23.2 Å². The van der Waals surface area contributed by atoms with Crippen LogP contribution in [0.5, 0.6) is 0 Å². The second-order valence-corrected chi connectivity index (χ2v) is 10.3. The molecule has 8 heteroatoms. The van der Waals surface area contributed by atoms with Gasteiger partial charge in [0.15, 0.2) is 9.84 Å². The van der Waals surface area contributed by atoms with E-state index in [1.807, 2.05) is 6.07 Å². The van der Waals surface area contributed by atoms with Gasteiger partial charge in [-0.3, -0.25) is 0 Å². The van der Waals surface area contributed by atoms with E-state index in [2.05, 4.69) is 4.98 Å². The predicted molar refractivity (Wildman–Crippen MR) is 126 cm³/mol. The summed E-state index contributed by atoms with van der Waals surface area (Å²) in [5.41, 5.74) is 2.33. The van der Waals surface area contributed by atoms with Crippen LogP contribution in [0.4, 0.5) is 4.39 Å². The first-order valence-corrected chi connectivity index (χ1v) is 12.3. The second-order valence-electron chi connectivity index (χ2n) is 7.20. The van der Waals surface area contributed by atoms with Gasteiger partial charge in [0.1, 0.15) is 11.6 Å². The van der Waals surface area contributed by atoms with Crippen molar-refractivity contribution in [3.05, 3.63) is 100 Å². The SMILES string of the molecule is CCS(=O)(=O)c1cccc(-c2ccc(-n3ccnc3Cc3cccc(Cl)c3Cl)c(F)c2)c1. The number of imidazole rings is 1. The molecule has 0 saturated carbocycles. The van der Waals surface area contributed by atoms with Gasteiger partial charge in [-0.2, -0.15) is 0 Å². The highest BCUT2D eigenvalue weighted by Gasteiger charge is 2.15. The summed E-state index contributed by atoms with van der Waals surface area (Å²) < 4.78 is 41.2. The Morgan fingerprint density at radius 1 is 1.00 bits per heavy atom. The molecular weight excluding hydrogens is 470 g/mol. The molecular formula is C24H19Cl2FN2O2S. The zero-order chi connectivity index (χ0) is 22.9. The molecule has 32 heavy (non-hydrogen) atoms. The third-order valence-electron chi connectivity index (χ3n) is 5.21. The van der Waals surface area contributed by atoms with Gasteiger partial charge in [-0.15, -0.1) is 0 Å². The van der Waals surface area contributed by atoms with Crippen molar-refractivity contribution in [1.82, 2.24) is 9.55 Å². The van der Waals surface area contributed by atoms with Gasteiger partial charge in [0.25, 0.3) is 0 Å². The van der Waals surface area contributed by atoms with Gasteiger partial charge in [0, 0.05) is 18.8 Å². The van der Waals surface area contributed by atoms with Crippen LogP contribution in [0.1, 0.15) is 18.3 Å². The van der Waals surface area contributed by atoms with E-state index < -0.39 is 15.7 Å². The van der Waals surface area contributed by atoms with Crippen LogP contribution in [0.25, 0.3) is 16.8 Å². The van der Waals surface area contributed by atoms with Crippen LogP contribution in [-0.4, -0.2) is 23.7 Å². The van der Waals surface area contributed by atoms with Crippen LogP contribution in [0.2, 0.25) is 10.0 Å². The molecule has 0 aliphatic carbocycles. The van der Waals surface area contributed by atoms with E-state index in [-0.39, 0.29) is 10.6 Å². The Hall–Kier alpha value is -2.67.